The van der Waals surface area contributed by atoms with E-state index in [0.717, 1.165) is 18.9 Å². The van der Waals surface area contributed by atoms with Crippen molar-refractivity contribution in [1.29, 1.82) is 0 Å². The van der Waals surface area contributed by atoms with Crippen molar-refractivity contribution in [3.8, 4) is 0 Å². The summed E-state index contributed by atoms with van der Waals surface area (Å²) in [6, 6.07) is 4.47. The first-order valence-corrected chi connectivity index (χ1v) is 8.50. The molecular formula is C17H26N4O2. The molecule has 0 saturated carbocycles. The number of anilines is 1. The van der Waals surface area contributed by atoms with Crippen molar-refractivity contribution in [2.45, 2.75) is 25.3 Å². The number of hydrogen-bond donors (Lipinski definition) is 1. The Labute approximate surface area is 137 Å². The molecule has 23 heavy (non-hydrogen) atoms. The second kappa shape index (κ2) is 7.75. The van der Waals surface area contributed by atoms with Crippen molar-refractivity contribution in [3.05, 3.63) is 23.9 Å². The van der Waals surface area contributed by atoms with Crippen LogP contribution in [0.4, 0.5) is 5.82 Å². The Hall–Kier alpha value is -1.66. The largest absolute Gasteiger partial charge is 0.383 e. The van der Waals surface area contributed by atoms with Gasteiger partial charge in [-0.2, -0.15) is 0 Å². The molecule has 2 aliphatic rings. The molecule has 3 rings (SSSR count). The van der Waals surface area contributed by atoms with E-state index >= 15 is 0 Å². The summed E-state index contributed by atoms with van der Waals surface area (Å²) in [5.41, 5.74) is 0.597. The van der Waals surface area contributed by atoms with Crippen molar-refractivity contribution >= 4 is 11.7 Å². The highest BCUT2D eigenvalue weighted by Crippen LogP contribution is 2.24. The Kier molecular flexibility index (Phi) is 5.46. The van der Waals surface area contributed by atoms with Gasteiger partial charge in [0.25, 0.3) is 5.91 Å². The highest BCUT2D eigenvalue weighted by atomic mass is 16.5. The predicted molar refractivity (Wildman–Crippen MR) is 89.9 cm³/mol. The molecule has 0 aliphatic carbocycles. The molecule has 2 fully saturated rings. The molecule has 2 saturated heterocycles. The molecule has 0 aromatic carbocycles. The first kappa shape index (κ1) is 16.2. The Morgan fingerprint density at radius 1 is 1.35 bits per heavy atom. The Morgan fingerprint density at radius 2 is 2.17 bits per heavy atom. The standard InChI is InChI=1S/C17H26N4O2/c1-23-11-7-18-17(22)14-4-5-16(19-12-14)21-10-6-15(13-21)20-8-2-3-9-20/h4-5,12,15H,2-3,6-11,13H2,1H3,(H,18,22). The van der Waals surface area contributed by atoms with Gasteiger partial charge in [-0.15, -0.1) is 0 Å². The average Bonchev–Trinajstić information content (AvgIpc) is 3.26. The lowest BCUT2D eigenvalue weighted by Crippen LogP contribution is -2.35. The highest BCUT2D eigenvalue weighted by Gasteiger charge is 2.29. The Bertz CT molecular complexity index is 514. The van der Waals surface area contributed by atoms with Gasteiger partial charge in [-0.3, -0.25) is 9.69 Å². The Balaban J connectivity index is 1.54. The van der Waals surface area contributed by atoms with Gasteiger partial charge in [0.15, 0.2) is 0 Å². The van der Waals surface area contributed by atoms with Crippen LogP contribution in [0.3, 0.4) is 0 Å². The molecule has 6 heteroatoms. The van der Waals surface area contributed by atoms with Gasteiger partial charge in [0.1, 0.15) is 5.82 Å². The smallest absolute Gasteiger partial charge is 0.252 e. The number of likely N-dealkylation sites (tertiary alicyclic amines) is 1. The summed E-state index contributed by atoms with van der Waals surface area (Å²) < 4.78 is 4.93. The molecule has 1 aromatic rings. The van der Waals surface area contributed by atoms with Crippen LogP contribution >= 0.6 is 0 Å². The minimum atomic E-state index is -0.0996. The van der Waals surface area contributed by atoms with Gasteiger partial charge >= 0.3 is 0 Å². The summed E-state index contributed by atoms with van der Waals surface area (Å²) in [5.74, 6) is 0.873. The molecule has 0 spiro atoms. The molecule has 6 nitrogen and oxygen atoms in total. The van der Waals surface area contributed by atoms with Gasteiger partial charge in [-0.05, 0) is 44.5 Å². The van der Waals surface area contributed by atoms with E-state index in [4.69, 9.17) is 4.74 Å². The van der Waals surface area contributed by atoms with Gasteiger partial charge in [-0.25, -0.2) is 4.98 Å². The van der Waals surface area contributed by atoms with Crippen LogP contribution in [0.5, 0.6) is 0 Å². The first-order valence-electron chi connectivity index (χ1n) is 8.50. The van der Waals surface area contributed by atoms with E-state index in [1.54, 1.807) is 13.3 Å². The van der Waals surface area contributed by atoms with Crippen LogP contribution in [0.25, 0.3) is 0 Å². The van der Waals surface area contributed by atoms with E-state index in [-0.39, 0.29) is 5.91 Å². The summed E-state index contributed by atoms with van der Waals surface area (Å²) in [6.07, 6.45) is 5.55. The SMILES string of the molecule is COCCNC(=O)c1ccc(N2CCC(N3CCCC3)C2)nc1. The van der Waals surface area contributed by atoms with Crippen molar-refractivity contribution < 1.29 is 9.53 Å². The molecule has 0 bridgehead atoms. The molecule has 1 unspecified atom stereocenters. The lowest BCUT2D eigenvalue weighted by atomic mass is 10.2. The van der Waals surface area contributed by atoms with Crippen LogP contribution in [-0.2, 0) is 4.74 Å². The van der Waals surface area contributed by atoms with Crippen LogP contribution in [0.15, 0.2) is 18.3 Å². The lowest BCUT2D eigenvalue weighted by molar-refractivity contribution is 0.0937. The fourth-order valence-corrected chi connectivity index (χ4v) is 3.43. The normalized spacial score (nSPS) is 21.8. The van der Waals surface area contributed by atoms with Crippen LogP contribution in [0.1, 0.15) is 29.6 Å². The third kappa shape index (κ3) is 4.00. The number of nitrogens with zero attached hydrogens (tertiary/aromatic N) is 3. The summed E-state index contributed by atoms with van der Waals surface area (Å²) in [6.45, 7) is 5.61. The van der Waals surface area contributed by atoms with Crippen LogP contribution in [0, 0.1) is 0 Å². The zero-order chi connectivity index (χ0) is 16.1. The zero-order valence-electron chi connectivity index (χ0n) is 13.8. The van der Waals surface area contributed by atoms with E-state index in [1.165, 1.54) is 32.4 Å². The molecular weight excluding hydrogens is 292 g/mol. The fraction of sp³-hybridized carbons (Fsp3) is 0.647. The van der Waals surface area contributed by atoms with Crippen molar-refractivity contribution in [1.82, 2.24) is 15.2 Å². The van der Waals surface area contributed by atoms with Crippen LogP contribution < -0.4 is 10.2 Å². The van der Waals surface area contributed by atoms with Gasteiger partial charge < -0.3 is 15.0 Å². The maximum Gasteiger partial charge on any atom is 0.252 e. The quantitative estimate of drug-likeness (QED) is 0.797. The molecule has 1 aromatic heterocycles. The van der Waals surface area contributed by atoms with Gasteiger partial charge in [-0.1, -0.05) is 0 Å². The molecule has 2 aliphatic heterocycles. The molecule has 1 N–H and O–H groups in total. The summed E-state index contributed by atoms with van der Waals surface area (Å²) in [7, 11) is 1.62. The van der Waals surface area contributed by atoms with Gasteiger partial charge in [0, 0.05) is 39.0 Å². The third-order valence-electron chi connectivity index (χ3n) is 4.75. The summed E-state index contributed by atoms with van der Waals surface area (Å²) in [4.78, 5) is 21.4. The van der Waals surface area contributed by atoms with Gasteiger partial charge in [0.05, 0.1) is 12.2 Å². The zero-order valence-corrected chi connectivity index (χ0v) is 13.8. The number of nitrogens with one attached hydrogen (secondary N) is 1. The monoisotopic (exact) mass is 318 g/mol. The fourth-order valence-electron chi connectivity index (χ4n) is 3.43. The number of aromatic nitrogens is 1. The average molecular weight is 318 g/mol. The number of carbonyl (C=O) groups is 1. The van der Waals surface area contributed by atoms with Gasteiger partial charge in [0.2, 0.25) is 0 Å². The number of ether oxygens (including phenoxy) is 1. The van der Waals surface area contributed by atoms with E-state index in [9.17, 15) is 4.79 Å². The van der Waals surface area contributed by atoms with E-state index in [0.29, 0.717) is 24.8 Å². The number of carbonyl (C=O) groups excluding carboxylic acids is 1. The minimum Gasteiger partial charge on any atom is -0.383 e. The summed E-state index contributed by atoms with van der Waals surface area (Å²) >= 11 is 0. The summed E-state index contributed by atoms with van der Waals surface area (Å²) in [5, 5.41) is 2.81. The second-order valence-corrected chi connectivity index (χ2v) is 6.29. The number of hydrogen-bond acceptors (Lipinski definition) is 5. The van der Waals surface area contributed by atoms with Crippen molar-refractivity contribution in [3.63, 3.8) is 0 Å². The highest BCUT2D eigenvalue weighted by molar-refractivity contribution is 5.94. The van der Waals surface area contributed by atoms with E-state index < -0.39 is 0 Å². The van der Waals surface area contributed by atoms with E-state index in [1.807, 2.05) is 12.1 Å². The number of methoxy groups -OCH3 is 1. The second-order valence-electron chi connectivity index (χ2n) is 6.29. The van der Waals surface area contributed by atoms with Crippen LogP contribution in [0.2, 0.25) is 0 Å². The predicted octanol–water partition coefficient (Wildman–Crippen LogP) is 1.13. The number of pyridine rings is 1. The maximum absolute atomic E-state index is 12.0. The molecule has 0 radical (unpaired) electrons. The molecule has 1 atom stereocenters. The third-order valence-corrected chi connectivity index (χ3v) is 4.75. The molecule has 3 heterocycles. The Morgan fingerprint density at radius 3 is 2.87 bits per heavy atom. The maximum atomic E-state index is 12.0. The minimum absolute atomic E-state index is 0.0996. The van der Waals surface area contributed by atoms with E-state index in [2.05, 4.69) is 20.1 Å². The first-order chi connectivity index (χ1) is 11.3. The lowest BCUT2D eigenvalue weighted by Gasteiger charge is -2.24. The van der Waals surface area contributed by atoms with Crippen molar-refractivity contribution in [2.24, 2.45) is 0 Å². The molecule has 126 valence electrons. The molecule has 1 amide bonds. The number of rotatable bonds is 6. The van der Waals surface area contributed by atoms with Crippen molar-refractivity contribution in [2.75, 3.05) is 51.3 Å². The topological polar surface area (TPSA) is 57.7 Å². The van der Waals surface area contributed by atoms with Crippen LogP contribution in [-0.4, -0.2) is 68.3 Å². The number of amides is 1.